The minimum Gasteiger partial charge on any atom is -0.326 e. The molecule has 0 fully saturated rings. The van der Waals surface area contributed by atoms with Crippen LogP contribution in [0.3, 0.4) is 0 Å². The Morgan fingerprint density at radius 3 is 2.41 bits per heavy atom. The third kappa shape index (κ3) is 6.08. The van der Waals surface area contributed by atoms with Gasteiger partial charge in [0.05, 0.1) is 11.9 Å². The standard InChI is InChI=1S/C20H17F4N3OS/c21-15-6-8-16(9-7-15)26-18(28)10-11-29-19-25-12-17(14-4-2-1-3-5-14)27(19)13-20(22,23)24/h1-9,12H,10-11,13H2,(H,26,28). The van der Waals surface area contributed by atoms with Crippen LogP contribution in [-0.2, 0) is 11.3 Å². The monoisotopic (exact) mass is 423 g/mol. The largest absolute Gasteiger partial charge is 0.406 e. The van der Waals surface area contributed by atoms with Crippen LogP contribution in [0.15, 0.2) is 66.0 Å². The number of aromatic nitrogens is 2. The summed E-state index contributed by atoms with van der Waals surface area (Å²) in [6.45, 7) is -1.17. The number of halogens is 4. The van der Waals surface area contributed by atoms with Crippen molar-refractivity contribution < 1.29 is 22.4 Å². The smallest absolute Gasteiger partial charge is 0.326 e. The van der Waals surface area contributed by atoms with Gasteiger partial charge in [-0.1, -0.05) is 42.1 Å². The average Bonchev–Trinajstić information content (AvgIpc) is 3.05. The summed E-state index contributed by atoms with van der Waals surface area (Å²) in [5.41, 5.74) is 1.44. The van der Waals surface area contributed by atoms with E-state index in [0.29, 0.717) is 16.9 Å². The quantitative estimate of drug-likeness (QED) is 0.410. The van der Waals surface area contributed by atoms with Gasteiger partial charge in [-0.05, 0) is 29.8 Å². The maximum absolute atomic E-state index is 13.1. The van der Waals surface area contributed by atoms with Crippen molar-refractivity contribution in [3.63, 3.8) is 0 Å². The zero-order valence-electron chi connectivity index (χ0n) is 15.1. The van der Waals surface area contributed by atoms with Gasteiger partial charge < -0.3 is 9.88 Å². The Labute approximate surface area is 169 Å². The summed E-state index contributed by atoms with van der Waals surface area (Å²) in [6, 6.07) is 14.0. The summed E-state index contributed by atoms with van der Waals surface area (Å²) in [5.74, 6) is -0.485. The van der Waals surface area contributed by atoms with Crippen molar-refractivity contribution in [2.24, 2.45) is 0 Å². The molecule has 0 unspecified atom stereocenters. The lowest BCUT2D eigenvalue weighted by Crippen LogP contribution is -2.19. The van der Waals surface area contributed by atoms with E-state index in [-0.39, 0.29) is 23.2 Å². The molecule has 0 saturated heterocycles. The van der Waals surface area contributed by atoms with E-state index in [2.05, 4.69) is 10.3 Å². The van der Waals surface area contributed by atoms with E-state index < -0.39 is 18.5 Å². The van der Waals surface area contributed by atoms with Crippen LogP contribution in [0, 0.1) is 5.82 Å². The molecule has 152 valence electrons. The molecular weight excluding hydrogens is 406 g/mol. The summed E-state index contributed by atoms with van der Waals surface area (Å²) in [5, 5.41) is 2.80. The van der Waals surface area contributed by atoms with E-state index >= 15 is 0 Å². The number of nitrogens with zero attached hydrogens (tertiary/aromatic N) is 2. The van der Waals surface area contributed by atoms with Gasteiger partial charge >= 0.3 is 6.18 Å². The molecule has 0 aliphatic carbocycles. The molecule has 0 bridgehead atoms. The molecule has 1 N–H and O–H groups in total. The van der Waals surface area contributed by atoms with Crippen molar-refractivity contribution in [1.82, 2.24) is 9.55 Å². The van der Waals surface area contributed by atoms with Crippen molar-refractivity contribution in [2.75, 3.05) is 11.1 Å². The van der Waals surface area contributed by atoms with Crippen LogP contribution in [0.5, 0.6) is 0 Å². The molecule has 29 heavy (non-hydrogen) atoms. The summed E-state index contributed by atoms with van der Waals surface area (Å²) in [6.07, 6.45) is -2.93. The number of benzene rings is 2. The second kappa shape index (κ2) is 9.13. The van der Waals surface area contributed by atoms with Gasteiger partial charge in [0.1, 0.15) is 12.4 Å². The molecule has 0 spiro atoms. The minimum atomic E-state index is -4.40. The number of hydrogen-bond donors (Lipinski definition) is 1. The topological polar surface area (TPSA) is 46.9 Å². The molecule has 1 amide bonds. The van der Waals surface area contributed by atoms with Gasteiger partial charge in [0.2, 0.25) is 5.91 Å². The SMILES string of the molecule is O=C(CCSc1ncc(-c2ccccc2)n1CC(F)(F)F)Nc1ccc(F)cc1. The zero-order valence-corrected chi connectivity index (χ0v) is 15.9. The number of carbonyl (C=O) groups is 1. The lowest BCUT2D eigenvalue weighted by Gasteiger charge is -2.14. The van der Waals surface area contributed by atoms with E-state index in [1.807, 2.05) is 0 Å². The fourth-order valence-electron chi connectivity index (χ4n) is 2.64. The molecule has 2 aromatic carbocycles. The van der Waals surface area contributed by atoms with Crippen molar-refractivity contribution >= 4 is 23.4 Å². The second-order valence-electron chi connectivity index (χ2n) is 6.15. The number of nitrogens with one attached hydrogen (secondary N) is 1. The number of imidazole rings is 1. The third-order valence-corrected chi connectivity index (χ3v) is 4.91. The first-order chi connectivity index (χ1) is 13.8. The molecule has 0 atom stereocenters. The highest BCUT2D eigenvalue weighted by atomic mass is 32.2. The molecule has 0 aliphatic rings. The first-order valence-electron chi connectivity index (χ1n) is 8.68. The van der Waals surface area contributed by atoms with Crippen LogP contribution in [-0.4, -0.2) is 27.4 Å². The van der Waals surface area contributed by atoms with Crippen molar-refractivity contribution in [3.05, 3.63) is 66.6 Å². The van der Waals surface area contributed by atoms with Crippen LogP contribution >= 0.6 is 11.8 Å². The van der Waals surface area contributed by atoms with Crippen LogP contribution in [0.4, 0.5) is 23.2 Å². The summed E-state index contributed by atoms with van der Waals surface area (Å²) < 4.78 is 53.2. The Kier molecular flexibility index (Phi) is 6.58. The molecule has 1 heterocycles. The predicted molar refractivity (Wildman–Crippen MR) is 104 cm³/mol. The van der Waals surface area contributed by atoms with Gasteiger partial charge in [-0.2, -0.15) is 13.2 Å². The van der Waals surface area contributed by atoms with Crippen LogP contribution < -0.4 is 5.32 Å². The molecule has 0 radical (unpaired) electrons. The Balaban J connectivity index is 1.66. The first kappa shape index (κ1) is 20.9. The number of amides is 1. The molecule has 4 nitrogen and oxygen atoms in total. The molecular formula is C20H17F4N3OS. The highest BCUT2D eigenvalue weighted by molar-refractivity contribution is 7.99. The van der Waals surface area contributed by atoms with Crippen molar-refractivity contribution in [3.8, 4) is 11.3 Å². The Morgan fingerprint density at radius 2 is 1.76 bits per heavy atom. The maximum Gasteiger partial charge on any atom is 0.406 e. The Hall–Kier alpha value is -2.81. The van der Waals surface area contributed by atoms with Crippen LogP contribution in [0.2, 0.25) is 0 Å². The summed E-state index contributed by atoms with van der Waals surface area (Å²) >= 11 is 1.08. The van der Waals surface area contributed by atoms with Crippen molar-refractivity contribution in [2.45, 2.75) is 24.3 Å². The zero-order chi connectivity index (χ0) is 20.9. The highest BCUT2D eigenvalue weighted by Gasteiger charge is 2.30. The molecule has 0 aliphatic heterocycles. The fourth-order valence-corrected chi connectivity index (χ4v) is 3.55. The molecule has 3 aromatic rings. The van der Waals surface area contributed by atoms with E-state index in [1.54, 1.807) is 30.3 Å². The lowest BCUT2D eigenvalue weighted by molar-refractivity contribution is -0.141. The van der Waals surface area contributed by atoms with Crippen LogP contribution in [0.1, 0.15) is 6.42 Å². The van der Waals surface area contributed by atoms with Gasteiger partial charge in [0.15, 0.2) is 5.16 Å². The third-order valence-electron chi connectivity index (χ3n) is 3.91. The number of carbonyl (C=O) groups excluding carboxylic acids is 1. The minimum absolute atomic E-state index is 0.0710. The Morgan fingerprint density at radius 1 is 1.07 bits per heavy atom. The molecule has 1 aromatic heterocycles. The predicted octanol–water partition coefficient (Wildman–Crippen LogP) is 5.37. The van der Waals surface area contributed by atoms with E-state index in [9.17, 15) is 22.4 Å². The van der Waals surface area contributed by atoms with E-state index in [1.165, 1.54) is 30.5 Å². The van der Waals surface area contributed by atoms with Crippen LogP contribution in [0.25, 0.3) is 11.3 Å². The maximum atomic E-state index is 13.1. The van der Waals surface area contributed by atoms with Gasteiger partial charge in [-0.3, -0.25) is 4.79 Å². The number of rotatable bonds is 7. The van der Waals surface area contributed by atoms with Gasteiger partial charge in [-0.25, -0.2) is 9.37 Å². The Bertz CT molecular complexity index is 956. The average molecular weight is 423 g/mol. The van der Waals surface area contributed by atoms with Crippen molar-refractivity contribution in [1.29, 1.82) is 0 Å². The second-order valence-corrected chi connectivity index (χ2v) is 7.21. The number of anilines is 1. The summed E-state index contributed by atoms with van der Waals surface area (Å²) in [4.78, 5) is 16.1. The number of hydrogen-bond acceptors (Lipinski definition) is 3. The normalized spacial score (nSPS) is 11.4. The van der Waals surface area contributed by atoms with E-state index in [4.69, 9.17) is 0 Å². The van der Waals surface area contributed by atoms with Gasteiger partial charge in [-0.15, -0.1) is 0 Å². The number of thioether (sulfide) groups is 1. The fraction of sp³-hybridized carbons (Fsp3) is 0.200. The van der Waals surface area contributed by atoms with E-state index in [0.717, 1.165) is 16.3 Å². The highest BCUT2D eigenvalue weighted by Crippen LogP contribution is 2.30. The lowest BCUT2D eigenvalue weighted by atomic mass is 10.2. The van der Waals surface area contributed by atoms with Gasteiger partial charge in [0, 0.05) is 17.9 Å². The summed E-state index contributed by atoms with van der Waals surface area (Å²) in [7, 11) is 0. The molecule has 9 heteroatoms. The van der Waals surface area contributed by atoms with Gasteiger partial charge in [0.25, 0.3) is 0 Å². The molecule has 3 rings (SSSR count). The first-order valence-corrected chi connectivity index (χ1v) is 9.66. The number of alkyl halides is 3. The molecule has 0 saturated carbocycles.